The molecule has 0 atom stereocenters. The first-order valence-electron chi connectivity index (χ1n) is 9.09. The predicted octanol–water partition coefficient (Wildman–Crippen LogP) is 4.65. The summed E-state index contributed by atoms with van der Waals surface area (Å²) in [6.07, 6.45) is 0. The number of esters is 2. The Morgan fingerprint density at radius 3 is 1.93 bits per heavy atom. The summed E-state index contributed by atoms with van der Waals surface area (Å²) in [5.74, 6) is -1.52. The number of hydrogen-bond donors (Lipinski definition) is 0. The van der Waals surface area contributed by atoms with Crippen LogP contribution in [0.2, 0.25) is 0 Å². The summed E-state index contributed by atoms with van der Waals surface area (Å²) in [5, 5.41) is 11.1. The van der Waals surface area contributed by atoms with E-state index in [9.17, 15) is 19.7 Å². The average molecular weight is 399 g/mol. The minimum Gasteiger partial charge on any atom is -0.465 e. The molecular weight excluding hydrogens is 374 g/mol. The lowest BCUT2D eigenvalue weighted by atomic mass is 9.84. The Morgan fingerprint density at radius 1 is 0.966 bits per heavy atom. The highest BCUT2D eigenvalue weighted by Gasteiger charge is 2.20. The molecule has 0 saturated carbocycles. The number of nitro benzene ring substituents is 1. The monoisotopic (exact) mass is 399 g/mol. The van der Waals surface area contributed by atoms with Crippen LogP contribution < -0.4 is 0 Å². The van der Waals surface area contributed by atoms with Gasteiger partial charge in [0, 0.05) is 12.1 Å². The van der Waals surface area contributed by atoms with Crippen molar-refractivity contribution in [2.45, 2.75) is 46.6 Å². The molecule has 0 saturated heterocycles. The third kappa shape index (κ3) is 5.19. The quantitative estimate of drug-likeness (QED) is 0.412. The first-order chi connectivity index (χ1) is 13.4. The molecule has 2 aromatic rings. The fourth-order valence-electron chi connectivity index (χ4n) is 2.95. The Bertz CT molecular complexity index is 949. The third-order valence-electron chi connectivity index (χ3n) is 4.70. The minimum atomic E-state index is -0.771. The van der Waals surface area contributed by atoms with Crippen LogP contribution in [-0.2, 0) is 21.5 Å². The van der Waals surface area contributed by atoms with Gasteiger partial charge in [0.2, 0.25) is 0 Å². The molecule has 2 rings (SSSR count). The van der Waals surface area contributed by atoms with E-state index in [1.165, 1.54) is 11.6 Å². The van der Waals surface area contributed by atoms with Crippen LogP contribution in [0.5, 0.6) is 0 Å². The van der Waals surface area contributed by atoms with Crippen LogP contribution in [0.25, 0.3) is 0 Å². The number of ether oxygens (including phenoxy) is 2. The maximum Gasteiger partial charge on any atom is 0.338 e. The van der Waals surface area contributed by atoms with Gasteiger partial charge in [-0.3, -0.25) is 10.1 Å². The molecule has 0 heterocycles. The molecule has 0 aromatic heterocycles. The van der Waals surface area contributed by atoms with Crippen molar-refractivity contribution in [1.82, 2.24) is 0 Å². The van der Waals surface area contributed by atoms with Crippen LogP contribution in [0.4, 0.5) is 5.69 Å². The van der Waals surface area contributed by atoms with E-state index in [2.05, 4.69) is 37.6 Å². The molecule has 154 valence electrons. The molecule has 0 N–H and O–H groups in total. The fraction of sp³-hybridized carbons (Fsp3) is 0.364. The number of methoxy groups -OCH3 is 1. The van der Waals surface area contributed by atoms with E-state index in [1.807, 2.05) is 13.8 Å². The average Bonchev–Trinajstić information content (AvgIpc) is 2.65. The van der Waals surface area contributed by atoms with Crippen LogP contribution in [0, 0.1) is 24.0 Å². The topological polar surface area (TPSA) is 95.7 Å². The van der Waals surface area contributed by atoms with Crippen molar-refractivity contribution < 1.29 is 24.0 Å². The Labute approximate surface area is 169 Å². The Kier molecular flexibility index (Phi) is 6.41. The number of hydrogen-bond acceptors (Lipinski definition) is 6. The summed E-state index contributed by atoms with van der Waals surface area (Å²) in [6, 6.07) is 7.50. The van der Waals surface area contributed by atoms with Crippen LogP contribution in [0.1, 0.15) is 63.7 Å². The van der Waals surface area contributed by atoms with E-state index in [0.29, 0.717) is 0 Å². The number of aryl methyl sites for hydroxylation is 2. The number of carbonyl (C=O) groups excluding carboxylic acids is 2. The van der Waals surface area contributed by atoms with Gasteiger partial charge in [0.15, 0.2) is 0 Å². The number of rotatable bonds is 5. The summed E-state index contributed by atoms with van der Waals surface area (Å²) in [6.45, 7) is 10.3. The lowest BCUT2D eigenvalue weighted by Gasteiger charge is -2.22. The lowest BCUT2D eigenvalue weighted by molar-refractivity contribution is -0.384. The first-order valence-corrected chi connectivity index (χ1v) is 9.09. The molecule has 0 unspecified atom stereocenters. The normalized spacial score (nSPS) is 11.1. The van der Waals surface area contributed by atoms with Crippen molar-refractivity contribution >= 4 is 17.6 Å². The molecule has 29 heavy (non-hydrogen) atoms. The van der Waals surface area contributed by atoms with Gasteiger partial charge in [-0.25, -0.2) is 9.59 Å². The van der Waals surface area contributed by atoms with E-state index in [4.69, 9.17) is 4.74 Å². The first kappa shape index (κ1) is 22.1. The highest BCUT2D eigenvalue weighted by atomic mass is 16.6. The van der Waals surface area contributed by atoms with Crippen LogP contribution >= 0.6 is 0 Å². The number of nitrogens with zero attached hydrogens (tertiary/aromatic N) is 1. The zero-order valence-corrected chi connectivity index (χ0v) is 17.5. The molecule has 0 aliphatic heterocycles. The molecule has 7 heteroatoms. The molecule has 0 aliphatic carbocycles. The Hall–Kier alpha value is -3.22. The van der Waals surface area contributed by atoms with Gasteiger partial charge < -0.3 is 9.47 Å². The summed E-state index contributed by atoms with van der Waals surface area (Å²) in [4.78, 5) is 34.7. The fourth-order valence-corrected chi connectivity index (χ4v) is 2.95. The van der Waals surface area contributed by atoms with Gasteiger partial charge in [-0.05, 0) is 47.6 Å². The van der Waals surface area contributed by atoms with Crippen LogP contribution in [-0.4, -0.2) is 24.0 Å². The van der Waals surface area contributed by atoms with Crippen molar-refractivity contribution in [3.63, 3.8) is 0 Å². The minimum absolute atomic E-state index is 0.00200. The third-order valence-corrected chi connectivity index (χ3v) is 4.70. The van der Waals surface area contributed by atoms with Gasteiger partial charge in [-0.15, -0.1) is 0 Å². The number of benzene rings is 2. The van der Waals surface area contributed by atoms with E-state index in [-0.39, 0.29) is 28.8 Å². The zero-order chi connectivity index (χ0) is 21.9. The van der Waals surface area contributed by atoms with Gasteiger partial charge in [-0.1, -0.05) is 32.9 Å². The highest BCUT2D eigenvalue weighted by molar-refractivity contribution is 5.96. The molecule has 0 radical (unpaired) electrons. The van der Waals surface area contributed by atoms with Crippen molar-refractivity contribution in [3.8, 4) is 0 Å². The molecule has 0 bridgehead atoms. The van der Waals surface area contributed by atoms with Crippen molar-refractivity contribution in [1.29, 1.82) is 0 Å². The molecule has 7 nitrogen and oxygen atoms in total. The van der Waals surface area contributed by atoms with E-state index < -0.39 is 16.9 Å². The molecule has 0 aliphatic rings. The second-order valence-corrected chi connectivity index (χ2v) is 7.93. The van der Waals surface area contributed by atoms with Gasteiger partial charge in [-0.2, -0.15) is 0 Å². The Morgan fingerprint density at radius 2 is 1.48 bits per heavy atom. The standard InChI is InChI=1S/C22H25NO6/c1-13-7-17(22(3,4)5)8-14(2)19(13)12-29-21(25)16-9-15(20(24)28-6)10-18(11-16)23(26)27/h7-11H,12H2,1-6H3. The Balaban J connectivity index is 2.29. The van der Waals surface area contributed by atoms with Crippen LogP contribution in [0.3, 0.4) is 0 Å². The highest BCUT2D eigenvalue weighted by Crippen LogP contribution is 2.27. The molecule has 2 aromatic carbocycles. The molecule has 0 fully saturated rings. The van der Waals surface area contributed by atoms with Crippen LogP contribution in [0.15, 0.2) is 30.3 Å². The summed E-state index contributed by atoms with van der Waals surface area (Å²) in [5.41, 5.74) is 3.50. The van der Waals surface area contributed by atoms with Crippen molar-refractivity contribution in [3.05, 3.63) is 73.8 Å². The predicted molar refractivity (Wildman–Crippen MR) is 108 cm³/mol. The molecule has 0 amide bonds. The largest absolute Gasteiger partial charge is 0.465 e. The lowest BCUT2D eigenvalue weighted by Crippen LogP contribution is -2.14. The SMILES string of the molecule is COC(=O)c1cc(C(=O)OCc2c(C)cc(C(C)(C)C)cc2C)cc([N+](=O)[O-])c1. The number of nitro groups is 1. The van der Waals surface area contributed by atoms with Crippen molar-refractivity contribution in [2.75, 3.05) is 7.11 Å². The zero-order valence-electron chi connectivity index (χ0n) is 17.5. The second-order valence-electron chi connectivity index (χ2n) is 7.93. The smallest absolute Gasteiger partial charge is 0.338 e. The number of non-ortho nitro benzene ring substituents is 1. The van der Waals surface area contributed by atoms with E-state index >= 15 is 0 Å². The van der Waals surface area contributed by atoms with Gasteiger partial charge in [0.1, 0.15) is 6.61 Å². The van der Waals surface area contributed by atoms with E-state index in [1.54, 1.807) is 0 Å². The van der Waals surface area contributed by atoms with Gasteiger partial charge in [0.05, 0.1) is 23.2 Å². The summed E-state index contributed by atoms with van der Waals surface area (Å²) < 4.78 is 9.98. The summed E-state index contributed by atoms with van der Waals surface area (Å²) >= 11 is 0. The second kappa shape index (κ2) is 8.43. The maximum atomic E-state index is 12.5. The molecule has 0 spiro atoms. The summed E-state index contributed by atoms with van der Waals surface area (Å²) in [7, 11) is 1.16. The van der Waals surface area contributed by atoms with Gasteiger partial charge in [0.25, 0.3) is 5.69 Å². The number of carbonyl (C=O) groups is 2. The molecular formula is C22H25NO6. The van der Waals surface area contributed by atoms with E-state index in [0.717, 1.165) is 35.9 Å². The maximum absolute atomic E-state index is 12.5. The van der Waals surface area contributed by atoms with Gasteiger partial charge >= 0.3 is 11.9 Å². The van der Waals surface area contributed by atoms with Crippen molar-refractivity contribution in [2.24, 2.45) is 0 Å².